The van der Waals surface area contributed by atoms with Crippen molar-refractivity contribution in [3.8, 4) is 0 Å². The Kier molecular flexibility index (Phi) is 41.3. The third kappa shape index (κ3) is 41.6. The van der Waals surface area contributed by atoms with Crippen LogP contribution in [0.15, 0.2) is 0 Å². The van der Waals surface area contributed by atoms with Gasteiger partial charge >= 0.3 is 17.9 Å². The summed E-state index contributed by atoms with van der Waals surface area (Å²) in [6, 6.07) is 0. The lowest BCUT2D eigenvalue weighted by Crippen LogP contribution is -2.30. The molecule has 6 heteroatoms. The second-order valence-electron chi connectivity index (χ2n) is 16.9. The number of hydrogen-bond donors (Lipinski definition) is 0. The van der Waals surface area contributed by atoms with Crippen LogP contribution in [0.5, 0.6) is 0 Å². The van der Waals surface area contributed by atoms with Gasteiger partial charge in [-0.15, -0.1) is 0 Å². The Morgan fingerprint density at radius 1 is 0.352 bits per heavy atom. The lowest BCUT2D eigenvalue weighted by atomic mass is 10.0. The molecule has 0 amide bonds. The summed E-state index contributed by atoms with van der Waals surface area (Å²) in [5, 5.41) is 0. The molecule has 54 heavy (non-hydrogen) atoms. The fourth-order valence-electron chi connectivity index (χ4n) is 7.16. The SMILES string of the molecule is CCCCCCCCCCCCCCCCC(=O)OC[C@@H](COC(=O)CCCCCCCCCCCCCC)OC(=O)CCCCCCCCCC(C)C. The van der Waals surface area contributed by atoms with E-state index in [4.69, 9.17) is 14.2 Å². The molecule has 320 valence electrons. The molecule has 0 rings (SSSR count). The van der Waals surface area contributed by atoms with Gasteiger partial charge in [0.15, 0.2) is 6.10 Å². The summed E-state index contributed by atoms with van der Waals surface area (Å²) in [6.45, 7) is 8.95. The van der Waals surface area contributed by atoms with Gasteiger partial charge in [0, 0.05) is 19.3 Å². The Hall–Kier alpha value is -1.59. The molecule has 0 saturated heterocycles. The van der Waals surface area contributed by atoms with E-state index in [1.165, 1.54) is 161 Å². The first-order valence-corrected chi connectivity index (χ1v) is 23.9. The molecule has 0 aromatic rings. The summed E-state index contributed by atoms with van der Waals surface area (Å²) in [4.78, 5) is 37.7. The average molecular weight is 765 g/mol. The van der Waals surface area contributed by atoms with E-state index in [0.29, 0.717) is 19.3 Å². The fourth-order valence-corrected chi connectivity index (χ4v) is 7.16. The highest BCUT2D eigenvalue weighted by atomic mass is 16.6. The van der Waals surface area contributed by atoms with Gasteiger partial charge in [0.25, 0.3) is 0 Å². The summed E-state index contributed by atoms with van der Waals surface area (Å²) >= 11 is 0. The van der Waals surface area contributed by atoms with Crippen molar-refractivity contribution < 1.29 is 28.6 Å². The first kappa shape index (κ1) is 52.4. The Morgan fingerprint density at radius 3 is 0.907 bits per heavy atom. The Labute approximate surface area is 336 Å². The molecule has 0 fully saturated rings. The van der Waals surface area contributed by atoms with Gasteiger partial charge in [-0.3, -0.25) is 14.4 Å². The molecule has 0 aliphatic carbocycles. The molecule has 0 unspecified atom stereocenters. The molecule has 0 heterocycles. The van der Waals surface area contributed by atoms with Crippen molar-refractivity contribution in [2.75, 3.05) is 13.2 Å². The predicted molar refractivity (Wildman–Crippen MR) is 229 cm³/mol. The quantitative estimate of drug-likeness (QED) is 0.0349. The van der Waals surface area contributed by atoms with Gasteiger partial charge in [0.1, 0.15) is 13.2 Å². The van der Waals surface area contributed by atoms with Crippen LogP contribution in [0.1, 0.15) is 265 Å². The van der Waals surface area contributed by atoms with E-state index in [1.54, 1.807) is 0 Å². The van der Waals surface area contributed by atoms with Gasteiger partial charge in [-0.1, -0.05) is 227 Å². The molecule has 0 radical (unpaired) electrons. The highest BCUT2D eigenvalue weighted by Crippen LogP contribution is 2.16. The summed E-state index contributed by atoms with van der Waals surface area (Å²) in [6.07, 6.45) is 42.3. The number of esters is 3. The third-order valence-corrected chi connectivity index (χ3v) is 10.8. The van der Waals surface area contributed by atoms with E-state index in [0.717, 1.165) is 63.7 Å². The third-order valence-electron chi connectivity index (χ3n) is 10.8. The van der Waals surface area contributed by atoms with Crippen LogP contribution in [0.2, 0.25) is 0 Å². The zero-order chi connectivity index (χ0) is 39.6. The van der Waals surface area contributed by atoms with Crippen LogP contribution < -0.4 is 0 Å². The Morgan fingerprint density at radius 2 is 0.611 bits per heavy atom. The predicted octanol–water partition coefficient (Wildman–Crippen LogP) is 15.1. The molecule has 0 aliphatic rings. The van der Waals surface area contributed by atoms with E-state index in [-0.39, 0.29) is 31.1 Å². The standard InChI is InChI=1S/C48H92O6/c1-5-7-9-11-13-15-17-19-20-22-24-28-32-36-40-47(50)53-43-45(54-48(51)41-37-33-29-25-26-30-34-38-44(3)4)42-52-46(49)39-35-31-27-23-21-18-16-14-12-10-8-6-2/h44-45H,5-43H2,1-4H3/t45-/m1/s1. The minimum absolute atomic E-state index is 0.0640. The maximum Gasteiger partial charge on any atom is 0.306 e. The highest BCUT2D eigenvalue weighted by Gasteiger charge is 2.19. The van der Waals surface area contributed by atoms with Crippen molar-refractivity contribution in [2.45, 2.75) is 271 Å². The van der Waals surface area contributed by atoms with E-state index in [1.807, 2.05) is 0 Å². The molecule has 0 bridgehead atoms. The van der Waals surface area contributed by atoms with Crippen molar-refractivity contribution in [1.29, 1.82) is 0 Å². The van der Waals surface area contributed by atoms with Crippen LogP contribution in [0, 0.1) is 5.92 Å². The minimum Gasteiger partial charge on any atom is -0.462 e. The summed E-state index contributed by atoms with van der Waals surface area (Å²) in [5.41, 5.74) is 0. The normalized spacial score (nSPS) is 11.9. The zero-order valence-electron chi connectivity index (χ0n) is 36.7. The number of hydrogen-bond acceptors (Lipinski definition) is 6. The first-order chi connectivity index (χ1) is 26.4. The van der Waals surface area contributed by atoms with Gasteiger partial charge in [0.2, 0.25) is 0 Å². The lowest BCUT2D eigenvalue weighted by molar-refractivity contribution is -0.167. The summed E-state index contributed by atoms with van der Waals surface area (Å²) < 4.78 is 16.7. The van der Waals surface area contributed by atoms with Crippen LogP contribution in [0.25, 0.3) is 0 Å². The number of carbonyl (C=O) groups excluding carboxylic acids is 3. The Bertz CT molecular complexity index is 811. The molecule has 6 nitrogen and oxygen atoms in total. The van der Waals surface area contributed by atoms with Crippen molar-refractivity contribution in [3.63, 3.8) is 0 Å². The zero-order valence-corrected chi connectivity index (χ0v) is 36.7. The van der Waals surface area contributed by atoms with Crippen LogP contribution in [-0.4, -0.2) is 37.2 Å². The van der Waals surface area contributed by atoms with Gasteiger partial charge in [-0.2, -0.15) is 0 Å². The second-order valence-corrected chi connectivity index (χ2v) is 16.9. The van der Waals surface area contributed by atoms with E-state index in [9.17, 15) is 14.4 Å². The van der Waals surface area contributed by atoms with E-state index < -0.39 is 6.10 Å². The number of rotatable bonds is 43. The van der Waals surface area contributed by atoms with Crippen molar-refractivity contribution in [3.05, 3.63) is 0 Å². The van der Waals surface area contributed by atoms with Crippen molar-refractivity contribution >= 4 is 17.9 Å². The van der Waals surface area contributed by atoms with Gasteiger partial charge in [-0.25, -0.2) is 0 Å². The average Bonchev–Trinajstić information content (AvgIpc) is 3.15. The fraction of sp³-hybridized carbons (Fsp3) is 0.938. The van der Waals surface area contributed by atoms with E-state index in [2.05, 4.69) is 27.7 Å². The van der Waals surface area contributed by atoms with Gasteiger partial charge in [0.05, 0.1) is 0 Å². The molecule has 0 aromatic heterocycles. The second kappa shape index (κ2) is 42.6. The molecule has 0 spiro atoms. The van der Waals surface area contributed by atoms with Crippen LogP contribution in [0.3, 0.4) is 0 Å². The number of ether oxygens (including phenoxy) is 3. The number of carbonyl (C=O) groups is 3. The van der Waals surface area contributed by atoms with Crippen molar-refractivity contribution in [2.24, 2.45) is 5.92 Å². The lowest BCUT2D eigenvalue weighted by Gasteiger charge is -2.18. The summed E-state index contributed by atoms with van der Waals surface area (Å²) in [5.74, 6) is -0.0755. The van der Waals surface area contributed by atoms with Crippen LogP contribution >= 0.6 is 0 Å². The first-order valence-electron chi connectivity index (χ1n) is 23.9. The summed E-state index contributed by atoms with van der Waals surface area (Å²) in [7, 11) is 0. The molecule has 0 aromatic carbocycles. The molecule has 0 aliphatic heterocycles. The maximum absolute atomic E-state index is 12.7. The van der Waals surface area contributed by atoms with Gasteiger partial charge < -0.3 is 14.2 Å². The maximum atomic E-state index is 12.7. The smallest absolute Gasteiger partial charge is 0.306 e. The van der Waals surface area contributed by atoms with Crippen molar-refractivity contribution in [1.82, 2.24) is 0 Å². The molecule has 0 N–H and O–H groups in total. The molecule has 0 saturated carbocycles. The van der Waals surface area contributed by atoms with E-state index >= 15 is 0 Å². The van der Waals surface area contributed by atoms with Crippen LogP contribution in [0.4, 0.5) is 0 Å². The monoisotopic (exact) mass is 765 g/mol. The molecular weight excluding hydrogens is 673 g/mol. The van der Waals surface area contributed by atoms with Gasteiger partial charge in [-0.05, 0) is 25.2 Å². The highest BCUT2D eigenvalue weighted by molar-refractivity contribution is 5.71. The number of unbranched alkanes of at least 4 members (excludes halogenated alkanes) is 30. The minimum atomic E-state index is -0.760. The molecular formula is C48H92O6. The van der Waals surface area contributed by atoms with Crippen LogP contribution in [-0.2, 0) is 28.6 Å². The Balaban J connectivity index is 4.30. The largest absolute Gasteiger partial charge is 0.462 e. The topological polar surface area (TPSA) is 78.9 Å². The molecule has 1 atom stereocenters.